The zero-order chi connectivity index (χ0) is 19.7. The number of carbonyl (C=O) groups excluding carboxylic acids is 1. The fourth-order valence-electron chi connectivity index (χ4n) is 2.80. The van der Waals surface area contributed by atoms with Crippen LogP contribution < -0.4 is 10.9 Å². The van der Waals surface area contributed by atoms with E-state index < -0.39 is 17.3 Å². The predicted octanol–water partition coefficient (Wildman–Crippen LogP) is 2.06. The Morgan fingerprint density at radius 3 is 2.79 bits per heavy atom. The van der Waals surface area contributed by atoms with Crippen LogP contribution >= 0.6 is 0 Å². The number of aromatic nitrogens is 5. The SMILES string of the molecule is Cc1cccc(-n2nnc3c(=O)n(CC(=O)Nc4ccccc4F)cnc32)c1. The molecule has 2 heterocycles. The van der Waals surface area contributed by atoms with Crippen molar-refractivity contribution >= 4 is 22.8 Å². The van der Waals surface area contributed by atoms with E-state index in [4.69, 9.17) is 0 Å². The fourth-order valence-corrected chi connectivity index (χ4v) is 2.80. The Bertz CT molecular complexity index is 1250. The van der Waals surface area contributed by atoms with Crippen molar-refractivity contribution in [3.05, 3.63) is 76.6 Å². The Morgan fingerprint density at radius 2 is 2.00 bits per heavy atom. The number of hydrogen-bond donors (Lipinski definition) is 1. The molecular weight excluding hydrogens is 363 g/mol. The molecule has 0 aliphatic heterocycles. The van der Waals surface area contributed by atoms with Gasteiger partial charge in [-0.1, -0.05) is 29.5 Å². The first-order chi connectivity index (χ1) is 13.5. The lowest BCUT2D eigenvalue weighted by Gasteiger charge is -2.08. The molecule has 8 nitrogen and oxygen atoms in total. The number of benzene rings is 2. The van der Waals surface area contributed by atoms with Crippen LogP contribution in [-0.4, -0.2) is 30.5 Å². The van der Waals surface area contributed by atoms with E-state index in [2.05, 4.69) is 20.6 Å². The molecule has 4 rings (SSSR count). The number of carbonyl (C=O) groups is 1. The summed E-state index contributed by atoms with van der Waals surface area (Å²) in [4.78, 5) is 29.1. The smallest absolute Gasteiger partial charge is 0.284 e. The van der Waals surface area contributed by atoms with Crippen molar-refractivity contribution in [2.24, 2.45) is 0 Å². The molecule has 0 unspecified atom stereocenters. The first kappa shape index (κ1) is 17.5. The van der Waals surface area contributed by atoms with Crippen LogP contribution in [0.15, 0.2) is 59.7 Å². The highest BCUT2D eigenvalue weighted by molar-refractivity contribution is 5.90. The standard InChI is InChI=1S/C19H15FN6O2/c1-12-5-4-6-13(9-12)26-18-17(23-24-26)19(28)25(11-21-18)10-16(27)22-15-8-3-2-7-14(15)20/h2-9,11H,10H2,1H3,(H,22,27). The van der Waals surface area contributed by atoms with E-state index in [1.165, 1.54) is 29.2 Å². The number of hydrogen-bond acceptors (Lipinski definition) is 5. The Hall–Kier alpha value is -3.88. The highest BCUT2D eigenvalue weighted by atomic mass is 19.1. The Kier molecular flexibility index (Phi) is 4.40. The van der Waals surface area contributed by atoms with Crippen molar-refractivity contribution in [2.75, 3.05) is 5.32 Å². The van der Waals surface area contributed by atoms with E-state index in [0.717, 1.165) is 15.8 Å². The molecule has 9 heteroatoms. The maximum Gasteiger partial charge on any atom is 0.284 e. The van der Waals surface area contributed by atoms with Gasteiger partial charge in [0.2, 0.25) is 5.91 Å². The Balaban J connectivity index is 1.63. The van der Waals surface area contributed by atoms with Crippen molar-refractivity contribution in [2.45, 2.75) is 13.5 Å². The van der Waals surface area contributed by atoms with Gasteiger partial charge < -0.3 is 5.32 Å². The molecular formula is C19H15FN6O2. The molecule has 0 aliphatic carbocycles. The van der Waals surface area contributed by atoms with Gasteiger partial charge in [0.25, 0.3) is 5.56 Å². The Morgan fingerprint density at radius 1 is 1.18 bits per heavy atom. The summed E-state index contributed by atoms with van der Waals surface area (Å²) in [5.41, 5.74) is 1.63. The zero-order valence-corrected chi connectivity index (χ0v) is 14.8. The lowest BCUT2D eigenvalue weighted by Crippen LogP contribution is -2.28. The summed E-state index contributed by atoms with van der Waals surface area (Å²) in [5.74, 6) is -1.11. The van der Waals surface area contributed by atoms with Gasteiger partial charge in [0.05, 0.1) is 11.4 Å². The summed E-state index contributed by atoms with van der Waals surface area (Å²) in [6.45, 7) is 1.62. The number of nitrogens with one attached hydrogen (secondary N) is 1. The number of nitrogens with zero attached hydrogens (tertiary/aromatic N) is 5. The lowest BCUT2D eigenvalue weighted by molar-refractivity contribution is -0.116. The first-order valence-electron chi connectivity index (χ1n) is 8.45. The van der Waals surface area contributed by atoms with Crippen LogP contribution in [0.4, 0.5) is 10.1 Å². The van der Waals surface area contributed by atoms with Crippen LogP contribution in [0.3, 0.4) is 0 Å². The topological polar surface area (TPSA) is 94.7 Å². The number of fused-ring (bicyclic) bond motifs is 1. The normalized spacial score (nSPS) is 10.9. The zero-order valence-electron chi connectivity index (χ0n) is 14.8. The lowest BCUT2D eigenvalue weighted by atomic mass is 10.2. The van der Waals surface area contributed by atoms with Crippen LogP contribution in [0.1, 0.15) is 5.56 Å². The number of aryl methyl sites for hydroxylation is 1. The predicted molar refractivity (Wildman–Crippen MR) is 101 cm³/mol. The average Bonchev–Trinajstić information content (AvgIpc) is 3.11. The molecule has 2 aromatic heterocycles. The van der Waals surface area contributed by atoms with Gasteiger partial charge >= 0.3 is 0 Å². The minimum atomic E-state index is -0.558. The molecule has 0 fully saturated rings. The third-order valence-corrected chi connectivity index (χ3v) is 4.14. The second kappa shape index (κ2) is 7.03. The maximum atomic E-state index is 13.7. The van der Waals surface area contributed by atoms with Gasteiger partial charge in [-0.05, 0) is 36.8 Å². The molecule has 2 aromatic carbocycles. The largest absolute Gasteiger partial charge is 0.322 e. The highest BCUT2D eigenvalue weighted by Crippen LogP contribution is 2.14. The van der Waals surface area contributed by atoms with Gasteiger partial charge in [-0.2, -0.15) is 4.68 Å². The van der Waals surface area contributed by atoms with E-state index in [1.807, 2.05) is 31.2 Å². The molecule has 1 N–H and O–H groups in total. The van der Waals surface area contributed by atoms with Gasteiger partial charge in [0, 0.05) is 0 Å². The van der Waals surface area contributed by atoms with E-state index in [9.17, 15) is 14.0 Å². The van der Waals surface area contributed by atoms with Crippen molar-refractivity contribution in [3.8, 4) is 5.69 Å². The monoisotopic (exact) mass is 378 g/mol. The number of halogens is 1. The van der Waals surface area contributed by atoms with Crippen molar-refractivity contribution in [1.29, 1.82) is 0 Å². The van der Waals surface area contributed by atoms with Gasteiger partial charge in [-0.3, -0.25) is 14.2 Å². The van der Waals surface area contributed by atoms with Crippen LogP contribution in [0, 0.1) is 12.7 Å². The summed E-state index contributed by atoms with van der Waals surface area (Å²) in [5, 5.41) is 10.4. The number of anilines is 1. The first-order valence-corrected chi connectivity index (χ1v) is 8.45. The molecule has 28 heavy (non-hydrogen) atoms. The summed E-state index contributed by atoms with van der Waals surface area (Å²) in [6.07, 6.45) is 1.25. The number of rotatable bonds is 4. The second-order valence-corrected chi connectivity index (χ2v) is 6.22. The Labute approximate surface area is 158 Å². The van der Waals surface area contributed by atoms with Crippen LogP contribution in [0.25, 0.3) is 16.9 Å². The minimum absolute atomic E-state index is 0.0416. The van der Waals surface area contributed by atoms with Crippen molar-refractivity contribution < 1.29 is 9.18 Å². The summed E-state index contributed by atoms with van der Waals surface area (Å²) in [7, 11) is 0. The van der Waals surface area contributed by atoms with Crippen molar-refractivity contribution in [3.63, 3.8) is 0 Å². The van der Waals surface area contributed by atoms with Gasteiger partial charge in [0.15, 0.2) is 11.2 Å². The van der Waals surface area contributed by atoms with Crippen LogP contribution in [-0.2, 0) is 11.3 Å². The molecule has 0 radical (unpaired) electrons. The maximum absolute atomic E-state index is 13.7. The van der Waals surface area contributed by atoms with Gasteiger partial charge in [-0.25, -0.2) is 9.37 Å². The molecule has 0 atom stereocenters. The summed E-state index contributed by atoms with van der Waals surface area (Å²) in [6, 6.07) is 13.3. The molecule has 4 aromatic rings. The van der Waals surface area contributed by atoms with Crippen molar-refractivity contribution in [1.82, 2.24) is 24.5 Å². The third-order valence-electron chi connectivity index (χ3n) is 4.14. The second-order valence-electron chi connectivity index (χ2n) is 6.22. The summed E-state index contributed by atoms with van der Waals surface area (Å²) < 4.78 is 16.2. The molecule has 0 bridgehead atoms. The molecule has 140 valence electrons. The molecule has 0 aliphatic rings. The quantitative estimate of drug-likeness (QED) is 0.587. The molecule has 0 saturated heterocycles. The minimum Gasteiger partial charge on any atom is -0.322 e. The molecule has 0 spiro atoms. The van der Waals surface area contributed by atoms with Gasteiger partial charge in [0.1, 0.15) is 18.7 Å². The van der Waals surface area contributed by atoms with E-state index in [-0.39, 0.29) is 17.7 Å². The van der Waals surface area contributed by atoms with Crippen LogP contribution in [0.2, 0.25) is 0 Å². The highest BCUT2D eigenvalue weighted by Gasteiger charge is 2.15. The fraction of sp³-hybridized carbons (Fsp3) is 0.105. The molecule has 0 saturated carbocycles. The molecule has 1 amide bonds. The van der Waals surface area contributed by atoms with Crippen LogP contribution in [0.5, 0.6) is 0 Å². The summed E-state index contributed by atoms with van der Waals surface area (Å²) >= 11 is 0. The van der Waals surface area contributed by atoms with E-state index in [1.54, 1.807) is 6.07 Å². The van der Waals surface area contributed by atoms with E-state index in [0.29, 0.717) is 5.65 Å². The number of amides is 1. The number of para-hydroxylation sites is 1. The van der Waals surface area contributed by atoms with E-state index >= 15 is 0 Å². The third kappa shape index (κ3) is 3.25. The average molecular weight is 378 g/mol. The van der Waals surface area contributed by atoms with Gasteiger partial charge in [-0.15, -0.1) is 5.10 Å².